The van der Waals surface area contributed by atoms with Crippen molar-refractivity contribution in [3.05, 3.63) is 54.1 Å². The third-order valence-electron chi connectivity index (χ3n) is 13.3. The normalized spacial score (nSPS) is 27.6. The molecule has 0 radical (unpaired) electrons. The van der Waals surface area contributed by atoms with Gasteiger partial charge in [-0.1, -0.05) is 75.3 Å². The number of rotatable bonds is 5. The number of pyridine rings is 1. The van der Waals surface area contributed by atoms with Gasteiger partial charge in [0.2, 0.25) is 21.8 Å². The van der Waals surface area contributed by atoms with Gasteiger partial charge in [-0.15, -0.1) is 0 Å². The average Bonchev–Trinajstić information content (AvgIpc) is 4.15. The summed E-state index contributed by atoms with van der Waals surface area (Å²) in [4.78, 5) is 63.4. The molecule has 2 saturated heterocycles. The zero-order valence-electron chi connectivity index (χ0n) is 34.1. The molecule has 2 amide bonds. The first-order valence-corrected chi connectivity index (χ1v) is 23.4. The Hall–Kier alpha value is -4.52. The number of hydrogen-bond donors (Lipinski definition) is 1. The molecule has 1 aromatic heterocycles. The van der Waals surface area contributed by atoms with Gasteiger partial charge in [0, 0.05) is 41.8 Å². The van der Waals surface area contributed by atoms with Crippen molar-refractivity contribution in [2.75, 3.05) is 20.3 Å². The number of Topliss-reactive ketones (excluding diaryl/α,β-unsaturated/α-hetero) is 1. The van der Waals surface area contributed by atoms with Gasteiger partial charge in [-0.05, 0) is 68.9 Å². The van der Waals surface area contributed by atoms with Crippen LogP contribution in [0.3, 0.4) is 0 Å². The third-order valence-corrected chi connectivity index (χ3v) is 15.1. The summed E-state index contributed by atoms with van der Waals surface area (Å²) in [6.07, 6.45) is 10.6. The summed E-state index contributed by atoms with van der Waals surface area (Å²) in [7, 11) is -2.17. The smallest absolute Gasteiger partial charge is 0.306 e. The van der Waals surface area contributed by atoms with Crippen molar-refractivity contribution in [2.45, 2.75) is 133 Å². The van der Waals surface area contributed by atoms with E-state index in [-0.39, 0.29) is 50.0 Å². The quantitative estimate of drug-likeness (QED) is 0.260. The molecule has 5 aliphatic rings. The van der Waals surface area contributed by atoms with Crippen molar-refractivity contribution in [3.63, 3.8) is 0 Å². The monoisotopic (exact) mass is 827 g/mol. The van der Waals surface area contributed by atoms with Crippen molar-refractivity contribution in [1.29, 1.82) is 0 Å². The van der Waals surface area contributed by atoms with Gasteiger partial charge in [0.25, 0.3) is 0 Å². The zero-order valence-corrected chi connectivity index (χ0v) is 34.9. The number of nitrogens with one attached hydrogen (secondary N) is 1. The molecule has 3 aliphatic heterocycles. The van der Waals surface area contributed by atoms with Crippen LogP contribution in [0, 0.1) is 17.3 Å². The van der Waals surface area contributed by atoms with Gasteiger partial charge in [0.1, 0.15) is 17.6 Å². The van der Waals surface area contributed by atoms with E-state index in [4.69, 9.17) is 19.2 Å². The van der Waals surface area contributed by atoms with Gasteiger partial charge in [0.15, 0.2) is 5.78 Å². The maximum Gasteiger partial charge on any atom is 0.306 e. The highest BCUT2D eigenvalue weighted by Gasteiger charge is 2.62. The molecule has 13 heteroatoms. The predicted octanol–water partition coefficient (Wildman–Crippen LogP) is 7.24. The average molecular weight is 828 g/mol. The van der Waals surface area contributed by atoms with E-state index in [2.05, 4.69) is 10.8 Å². The number of ketones is 1. The standard InChI is InChI=1S/C46H57N3O9S/c1-56-41-26-38-36-22-31(41)16-8-5-6-13-21-57-43(51)23-32-17-9-3-2-4-12-18-33-27-46(33,45(53)48-59(54,55)35-19-20-35)28-40(50)39-24-34(29-49(39)44(32)52)58-42(36)25-37(47-38)30-14-10-7-11-15-30/h7,10-11,14-15,22,25-26,32-35,39H,2-6,8-9,12-13,16-21,23-24,27-29H2,1H3,(H,48,53)/t32-,33-,34-,39+,46-/m1/s1. The van der Waals surface area contributed by atoms with Gasteiger partial charge < -0.3 is 19.1 Å². The van der Waals surface area contributed by atoms with Crippen LogP contribution in [-0.4, -0.2) is 79.5 Å². The first kappa shape index (κ1) is 41.2. The molecule has 0 unspecified atom stereocenters. The third kappa shape index (κ3) is 9.30. The van der Waals surface area contributed by atoms with E-state index in [9.17, 15) is 27.6 Å². The molecule has 316 valence electrons. The van der Waals surface area contributed by atoms with Crippen molar-refractivity contribution in [3.8, 4) is 22.8 Å². The van der Waals surface area contributed by atoms with E-state index in [1.807, 2.05) is 42.5 Å². The number of fused-ring (bicyclic) bond motifs is 4. The molecule has 8 rings (SSSR count). The molecule has 4 fully saturated rings. The van der Waals surface area contributed by atoms with Gasteiger partial charge in [0.05, 0.1) is 54.6 Å². The Kier molecular flexibility index (Phi) is 12.3. The first-order chi connectivity index (χ1) is 28.5. The highest BCUT2D eigenvalue weighted by Crippen LogP contribution is 2.59. The molecule has 1 N–H and O–H groups in total. The van der Waals surface area contributed by atoms with Crippen LogP contribution in [0.1, 0.15) is 115 Å². The number of cyclic esters (lactones) is 1. The molecule has 2 aromatic carbocycles. The Bertz CT molecular complexity index is 2170. The lowest BCUT2D eigenvalue weighted by Gasteiger charge is -2.29. The minimum Gasteiger partial charge on any atom is -0.496 e. The lowest BCUT2D eigenvalue weighted by Crippen LogP contribution is -2.46. The van der Waals surface area contributed by atoms with Crippen LogP contribution in [0.15, 0.2) is 48.5 Å². The topological polar surface area (TPSA) is 158 Å². The molecule has 2 aliphatic carbocycles. The number of carbonyl (C=O) groups excluding carboxylic acids is 4. The number of hydrogen-bond acceptors (Lipinski definition) is 10. The number of amides is 2. The number of carbonyl (C=O) groups is 4. The Balaban J connectivity index is 1.17. The Morgan fingerprint density at radius 2 is 1.66 bits per heavy atom. The van der Waals surface area contributed by atoms with E-state index in [0.29, 0.717) is 49.1 Å². The largest absolute Gasteiger partial charge is 0.496 e. The van der Waals surface area contributed by atoms with Gasteiger partial charge in [-0.25, -0.2) is 13.4 Å². The molecule has 0 spiro atoms. The molecule has 12 nitrogen and oxygen atoms in total. The van der Waals surface area contributed by atoms with Crippen molar-refractivity contribution < 1.29 is 41.8 Å². The minimum atomic E-state index is -3.83. The number of nitrogens with zero attached hydrogens (tertiary/aromatic N) is 2. The summed E-state index contributed by atoms with van der Waals surface area (Å²) in [6.45, 7) is 0.382. The number of ether oxygens (including phenoxy) is 3. The van der Waals surface area contributed by atoms with Crippen LogP contribution in [0.2, 0.25) is 0 Å². The van der Waals surface area contributed by atoms with Crippen molar-refractivity contribution in [1.82, 2.24) is 14.6 Å². The van der Waals surface area contributed by atoms with Crippen molar-refractivity contribution in [2.24, 2.45) is 17.3 Å². The maximum atomic E-state index is 14.8. The summed E-state index contributed by atoms with van der Waals surface area (Å²) in [5.41, 5.74) is 2.16. The molecule has 59 heavy (non-hydrogen) atoms. The SMILES string of the molecule is COc1cc2nc(-c3ccccc3)cc3c2cc1CCCCCCOC(=O)C[C@H]1CCCCCCC[C@@H]2C[C@@]2(C(=O)NS(=O)(=O)C2CC2)CC(=O)[C@@H]2C[C@H](CN2C1=O)O3. The number of methoxy groups -OCH3 is 1. The summed E-state index contributed by atoms with van der Waals surface area (Å²) in [6, 6.07) is 14.8. The summed E-state index contributed by atoms with van der Waals surface area (Å²) in [5.74, 6) is -1.10. The fraction of sp³-hybridized carbons (Fsp3) is 0.587. The summed E-state index contributed by atoms with van der Waals surface area (Å²) < 4.78 is 46.8. The second kappa shape index (κ2) is 17.6. The molecule has 3 aromatic rings. The molecular formula is C46H57N3O9S. The summed E-state index contributed by atoms with van der Waals surface area (Å²) >= 11 is 0. The van der Waals surface area contributed by atoms with E-state index in [0.717, 1.165) is 86.5 Å². The lowest BCUT2D eigenvalue weighted by atomic mass is 9.90. The number of benzene rings is 2. The lowest BCUT2D eigenvalue weighted by molar-refractivity contribution is -0.150. The van der Waals surface area contributed by atoms with E-state index in [1.165, 1.54) is 0 Å². The Morgan fingerprint density at radius 1 is 0.915 bits per heavy atom. The van der Waals surface area contributed by atoms with Gasteiger partial charge >= 0.3 is 5.97 Å². The molecule has 2 saturated carbocycles. The van der Waals surface area contributed by atoms with Crippen LogP contribution in [0.5, 0.6) is 11.5 Å². The predicted molar refractivity (Wildman–Crippen MR) is 222 cm³/mol. The fourth-order valence-corrected chi connectivity index (χ4v) is 11.0. The number of sulfonamides is 1. The maximum absolute atomic E-state index is 14.8. The van der Waals surface area contributed by atoms with E-state index >= 15 is 0 Å². The second-order valence-corrected chi connectivity index (χ2v) is 19.5. The van der Waals surface area contributed by atoms with Crippen molar-refractivity contribution >= 4 is 44.5 Å². The van der Waals surface area contributed by atoms with Gasteiger partial charge in [-0.3, -0.25) is 23.9 Å². The fourth-order valence-electron chi connectivity index (χ4n) is 9.65. The highest BCUT2D eigenvalue weighted by atomic mass is 32.2. The first-order valence-electron chi connectivity index (χ1n) is 21.8. The van der Waals surface area contributed by atoms with E-state index < -0.39 is 50.6 Å². The zero-order chi connectivity index (χ0) is 41.1. The van der Waals surface area contributed by atoms with Crippen LogP contribution >= 0.6 is 0 Å². The molecule has 4 heterocycles. The van der Waals surface area contributed by atoms with Crippen LogP contribution in [0.4, 0.5) is 0 Å². The number of esters is 1. The van der Waals surface area contributed by atoms with Gasteiger partial charge in [-0.2, -0.15) is 0 Å². The van der Waals surface area contributed by atoms with Crippen LogP contribution < -0.4 is 14.2 Å². The number of aryl methyl sites for hydroxylation is 1. The molecule has 5 atom stereocenters. The Morgan fingerprint density at radius 3 is 2.44 bits per heavy atom. The van der Waals surface area contributed by atoms with Crippen LogP contribution in [0.25, 0.3) is 22.2 Å². The minimum absolute atomic E-state index is 0.0771. The molecule has 5 bridgehead atoms. The second-order valence-electron chi connectivity index (χ2n) is 17.5. The van der Waals surface area contributed by atoms with E-state index in [1.54, 1.807) is 12.0 Å². The summed E-state index contributed by atoms with van der Waals surface area (Å²) in [5, 5.41) is 0.222. The molecular weight excluding hydrogens is 771 g/mol. The highest BCUT2D eigenvalue weighted by molar-refractivity contribution is 7.90. The Labute approximate surface area is 347 Å². The van der Waals surface area contributed by atoms with Crippen LogP contribution in [-0.2, 0) is 40.4 Å². The number of aromatic nitrogens is 1.